The number of carbonyl (C=O) groups excluding carboxylic acids is 2. The van der Waals surface area contributed by atoms with Gasteiger partial charge in [0.1, 0.15) is 0 Å². The lowest BCUT2D eigenvalue weighted by Crippen LogP contribution is -2.44. The topological polar surface area (TPSA) is 58.2 Å². The van der Waals surface area contributed by atoms with E-state index in [4.69, 9.17) is 0 Å². The van der Waals surface area contributed by atoms with Crippen molar-refractivity contribution < 1.29 is 9.59 Å². The Hall–Kier alpha value is -3.40. The number of carbonyl (C=O) groups is 2. The monoisotopic (exact) mass is 440 g/mol. The molecular weight excluding hydrogens is 408 g/mol. The Morgan fingerprint density at radius 1 is 0.939 bits per heavy atom. The number of hydrogen-bond donors (Lipinski definition) is 2. The second-order valence-corrected chi connectivity index (χ2v) is 9.17. The van der Waals surface area contributed by atoms with Crippen molar-refractivity contribution in [3.05, 3.63) is 107 Å². The first-order chi connectivity index (χ1) is 16.0. The molecule has 33 heavy (non-hydrogen) atoms. The summed E-state index contributed by atoms with van der Waals surface area (Å²) in [5.74, 6) is 0.205. The normalized spacial score (nSPS) is 17.7. The quantitative estimate of drug-likeness (QED) is 0.496. The highest BCUT2D eigenvalue weighted by Crippen LogP contribution is 2.30. The lowest BCUT2D eigenvalue weighted by atomic mass is 9.84. The molecule has 1 atom stereocenters. The third-order valence-electron chi connectivity index (χ3n) is 6.64. The van der Waals surface area contributed by atoms with Crippen molar-refractivity contribution >= 4 is 11.8 Å². The van der Waals surface area contributed by atoms with Gasteiger partial charge in [-0.25, -0.2) is 0 Å². The maximum absolute atomic E-state index is 12.9. The van der Waals surface area contributed by atoms with Crippen LogP contribution in [0.4, 0.5) is 0 Å². The van der Waals surface area contributed by atoms with Crippen molar-refractivity contribution in [3.63, 3.8) is 0 Å². The molecule has 1 saturated heterocycles. The van der Waals surface area contributed by atoms with E-state index in [9.17, 15) is 9.59 Å². The highest BCUT2D eigenvalue weighted by Gasteiger charge is 2.37. The molecule has 2 N–H and O–H groups in total. The zero-order chi connectivity index (χ0) is 23.1. The summed E-state index contributed by atoms with van der Waals surface area (Å²) in [6.45, 7) is 2.61. The van der Waals surface area contributed by atoms with Gasteiger partial charge in [-0.15, -0.1) is 0 Å². The van der Waals surface area contributed by atoms with Crippen LogP contribution in [0.25, 0.3) is 0 Å². The van der Waals surface area contributed by atoms with Gasteiger partial charge in [0.25, 0.3) is 0 Å². The van der Waals surface area contributed by atoms with Crippen LogP contribution in [0.5, 0.6) is 0 Å². The second kappa shape index (κ2) is 10.5. The lowest BCUT2D eigenvalue weighted by molar-refractivity contribution is -0.122. The highest BCUT2D eigenvalue weighted by molar-refractivity contribution is 5.80. The summed E-state index contributed by atoms with van der Waals surface area (Å²) in [6, 6.07) is 29.0. The molecular formula is C29H32N2O2. The molecule has 1 aliphatic rings. The minimum atomic E-state index is -0.345. The fraction of sp³-hybridized carbons (Fsp3) is 0.310. The molecule has 1 heterocycles. The maximum atomic E-state index is 12.9. The number of rotatable bonds is 9. The zero-order valence-electron chi connectivity index (χ0n) is 19.2. The number of hydrogen-bond acceptors (Lipinski definition) is 2. The molecule has 3 aromatic rings. The van der Waals surface area contributed by atoms with Crippen LogP contribution in [0.1, 0.15) is 53.9 Å². The largest absolute Gasteiger partial charge is 0.355 e. The summed E-state index contributed by atoms with van der Waals surface area (Å²) in [5, 5.41) is 6.34. The Morgan fingerprint density at radius 3 is 2.09 bits per heavy atom. The van der Waals surface area contributed by atoms with Crippen LogP contribution in [-0.2, 0) is 16.0 Å². The van der Waals surface area contributed by atoms with Crippen LogP contribution in [0.15, 0.2) is 84.9 Å². The molecule has 1 fully saturated rings. The van der Waals surface area contributed by atoms with Crippen molar-refractivity contribution in [1.29, 1.82) is 0 Å². The van der Waals surface area contributed by atoms with Crippen LogP contribution in [0.3, 0.4) is 0 Å². The molecule has 0 unspecified atom stereocenters. The predicted octanol–water partition coefficient (Wildman–Crippen LogP) is 4.91. The van der Waals surface area contributed by atoms with E-state index in [1.165, 1.54) is 22.3 Å². The first-order valence-electron chi connectivity index (χ1n) is 11.8. The SMILES string of the molecule is Cc1ccc(C[C@@]2(CCC(=O)NCC(c3ccccc3)c3ccccc3)CCC(=O)N2)cc1. The van der Waals surface area contributed by atoms with E-state index in [1.807, 2.05) is 36.4 Å². The van der Waals surface area contributed by atoms with Crippen LogP contribution in [-0.4, -0.2) is 23.9 Å². The lowest BCUT2D eigenvalue weighted by Gasteiger charge is -2.29. The van der Waals surface area contributed by atoms with E-state index in [1.54, 1.807) is 0 Å². The highest BCUT2D eigenvalue weighted by atomic mass is 16.2. The van der Waals surface area contributed by atoms with E-state index in [2.05, 4.69) is 66.1 Å². The molecule has 0 aliphatic carbocycles. The maximum Gasteiger partial charge on any atom is 0.220 e. The van der Waals surface area contributed by atoms with Gasteiger partial charge in [0, 0.05) is 30.8 Å². The average molecular weight is 441 g/mol. The predicted molar refractivity (Wildman–Crippen MR) is 132 cm³/mol. The molecule has 4 nitrogen and oxygen atoms in total. The van der Waals surface area contributed by atoms with E-state index >= 15 is 0 Å². The third-order valence-corrected chi connectivity index (χ3v) is 6.64. The second-order valence-electron chi connectivity index (χ2n) is 9.17. The van der Waals surface area contributed by atoms with Gasteiger partial charge < -0.3 is 10.6 Å². The summed E-state index contributed by atoms with van der Waals surface area (Å²) < 4.78 is 0. The van der Waals surface area contributed by atoms with Crippen LogP contribution in [0.2, 0.25) is 0 Å². The van der Waals surface area contributed by atoms with E-state index < -0.39 is 0 Å². The van der Waals surface area contributed by atoms with Crippen molar-refractivity contribution in [2.24, 2.45) is 0 Å². The molecule has 170 valence electrons. The Bertz CT molecular complexity index is 1020. The van der Waals surface area contributed by atoms with E-state index in [0.29, 0.717) is 25.8 Å². The van der Waals surface area contributed by atoms with Crippen LogP contribution >= 0.6 is 0 Å². The molecule has 4 heteroatoms. The number of benzene rings is 3. The smallest absolute Gasteiger partial charge is 0.220 e. The molecule has 2 amide bonds. The van der Waals surface area contributed by atoms with Gasteiger partial charge in [-0.3, -0.25) is 9.59 Å². The van der Waals surface area contributed by atoms with Gasteiger partial charge in [-0.1, -0.05) is 90.5 Å². The van der Waals surface area contributed by atoms with E-state index in [0.717, 1.165) is 12.8 Å². The minimum absolute atomic E-state index is 0.0243. The molecule has 3 aromatic carbocycles. The molecule has 0 aromatic heterocycles. The van der Waals surface area contributed by atoms with Crippen molar-refractivity contribution in [2.75, 3.05) is 6.54 Å². The summed E-state index contributed by atoms with van der Waals surface area (Å²) in [6.07, 6.45) is 3.08. The van der Waals surface area contributed by atoms with Gasteiger partial charge in [0.05, 0.1) is 0 Å². The molecule has 0 spiro atoms. The van der Waals surface area contributed by atoms with E-state index in [-0.39, 0.29) is 23.3 Å². The van der Waals surface area contributed by atoms with Crippen molar-refractivity contribution in [3.8, 4) is 0 Å². The first-order valence-corrected chi connectivity index (χ1v) is 11.8. The van der Waals surface area contributed by atoms with Crippen molar-refractivity contribution in [1.82, 2.24) is 10.6 Å². The van der Waals surface area contributed by atoms with Crippen LogP contribution < -0.4 is 10.6 Å². The number of aryl methyl sites for hydroxylation is 1. The molecule has 4 rings (SSSR count). The number of nitrogens with one attached hydrogen (secondary N) is 2. The third kappa shape index (κ3) is 6.10. The minimum Gasteiger partial charge on any atom is -0.355 e. The molecule has 0 saturated carbocycles. The van der Waals surface area contributed by atoms with Gasteiger partial charge >= 0.3 is 0 Å². The Kier molecular flexibility index (Phi) is 7.23. The molecule has 1 aliphatic heterocycles. The molecule has 0 bridgehead atoms. The average Bonchev–Trinajstić information content (AvgIpc) is 3.21. The Labute approximate surface area is 196 Å². The first kappa shape index (κ1) is 22.8. The fourth-order valence-electron chi connectivity index (χ4n) is 4.73. The summed E-state index contributed by atoms with van der Waals surface area (Å²) >= 11 is 0. The van der Waals surface area contributed by atoms with Crippen LogP contribution in [0, 0.1) is 6.92 Å². The standard InChI is InChI=1S/C29H32N2O2/c1-22-12-14-23(15-13-22)20-29(19-17-28(33)31-29)18-16-27(32)30-21-26(24-8-4-2-5-9-24)25-10-6-3-7-11-25/h2-15,26H,16-21H2,1H3,(H,30,32)(H,31,33)/t29-/m1/s1. The van der Waals surface area contributed by atoms with Crippen molar-refractivity contribution in [2.45, 2.75) is 50.5 Å². The Morgan fingerprint density at radius 2 is 1.55 bits per heavy atom. The number of amides is 2. The van der Waals surface area contributed by atoms with Gasteiger partial charge in [0.15, 0.2) is 0 Å². The summed E-state index contributed by atoms with van der Waals surface area (Å²) in [7, 11) is 0. The van der Waals surface area contributed by atoms with Gasteiger partial charge in [-0.05, 0) is 42.9 Å². The van der Waals surface area contributed by atoms with Gasteiger partial charge in [0.2, 0.25) is 11.8 Å². The summed E-state index contributed by atoms with van der Waals surface area (Å²) in [5.41, 5.74) is 4.43. The zero-order valence-corrected chi connectivity index (χ0v) is 19.2. The van der Waals surface area contributed by atoms with Gasteiger partial charge in [-0.2, -0.15) is 0 Å². The fourth-order valence-corrected chi connectivity index (χ4v) is 4.73. The Balaban J connectivity index is 1.39. The summed E-state index contributed by atoms with van der Waals surface area (Å²) in [4.78, 5) is 24.9. The molecule has 0 radical (unpaired) electrons.